The van der Waals surface area contributed by atoms with Crippen molar-refractivity contribution in [3.63, 3.8) is 0 Å². The average Bonchev–Trinajstić information content (AvgIpc) is 2.97. The van der Waals surface area contributed by atoms with Gasteiger partial charge in [0.15, 0.2) is 5.65 Å². The number of nitrogens with zero attached hydrogens (tertiary/aromatic N) is 4. The monoisotopic (exact) mass is 363 g/mol. The molecule has 0 unspecified atom stereocenters. The Bertz CT molecular complexity index is 1250. The maximum Gasteiger partial charge on any atom is 0.337 e. The van der Waals surface area contributed by atoms with Crippen LogP contribution in [0.15, 0.2) is 56.6 Å². The fourth-order valence-corrected chi connectivity index (χ4v) is 3.08. The van der Waals surface area contributed by atoms with Crippen LogP contribution in [-0.4, -0.2) is 19.3 Å². The van der Waals surface area contributed by atoms with Crippen LogP contribution in [0.25, 0.3) is 16.7 Å². The van der Waals surface area contributed by atoms with E-state index in [1.54, 1.807) is 38.1 Å². The van der Waals surface area contributed by atoms with Crippen LogP contribution in [0, 0.1) is 13.8 Å². The Morgan fingerprint density at radius 1 is 1.07 bits per heavy atom. The van der Waals surface area contributed by atoms with Gasteiger partial charge in [-0.1, -0.05) is 23.4 Å². The van der Waals surface area contributed by atoms with Crippen molar-refractivity contribution in [2.75, 3.05) is 5.73 Å². The third-order valence-corrected chi connectivity index (χ3v) is 4.52. The lowest BCUT2D eigenvalue weighted by Crippen LogP contribution is -2.40. The van der Waals surface area contributed by atoms with Gasteiger partial charge in [0.2, 0.25) is 0 Å². The van der Waals surface area contributed by atoms with Crippen LogP contribution in [0.5, 0.6) is 0 Å². The molecule has 8 heteroatoms. The number of para-hydroxylation sites is 1. The third-order valence-electron chi connectivity index (χ3n) is 4.52. The number of hydrogen-bond acceptors (Lipinski definition) is 6. The molecule has 4 aromatic rings. The quantitative estimate of drug-likeness (QED) is 0.594. The molecule has 3 aromatic heterocycles. The molecule has 0 aliphatic carbocycles. The molecule has 2 N–H and O–H groups in total. The van der Waals surface area contributed by atoms with Gasteiger partial charge in [0.05, 0.1) is 23.3 Å². The van der Waals surface area contributed by atoms with Crippen LogP contribution in [0.2, 0.25) is 0 Å². The first kappa shape index (κ1) is 16.8. The first-order valence-corrected chi connectivity index (χ1v) is 8.36. The van der Waals surface area contributed by atoms with E-state index in [0.717, 1.165) is 0 Å². The zero-order chi connectivity index (χ0) is 19.1. The third kappa shape index (κ3) is 2.71. The highest BCUT2D eigenvalue weighted by Gasteiger charge is 2.18. The highest BCUT2D eigenvalue weighted by Crippen LogP contribution is 2.16. The lowest BCUT2D eigenvalue weighted by molar-refractivity contribution is 0.392. The molecule has 3 heterocycles. The zero-order valence-electron chi connectivity index (χ0n) is 14.8. The van der Waals surface area contributed by atoms with Crippen molar-refractivity contribution in [1.29, 1.82) is 0 Å². The summed E-state index contributed by atoms with van der Waals surface area (Å²) in [4.78, 5) is 30.5. The lowest BCUT2D eigenvalue weighted by Gasteiger charge is -2.13. The Kier molecular flexibility index (Phi) is 3.88. The van der Waals surface area contributed by atoms with E-state index in [9.17, 15) is 9.59 Å². The Hall–Kier alpha value is -3.68. The molecule has 27 heavy (non-hydrogen) atoms. The largest absolute Gasteiger partial charge is 0.384 e. The molecule has 0 radical (unpaired) electrons. The summed E-state index contributed by atoms with van der Waals surface area (Å²) in [6.45, 7) is 3.58. The maximum absolute atomic E-state index is 13.3. The molecular formula is C19H17N5O3. The predicted octanol–water partition coefficient (Wildman–Crippen LogP) is 1.78. The molecule has 0 bridgehead atoms. The van der Waals surface area contributed by atoms with Crippen LogP contribution >= 0.6 is 0 Å². The summed E-state index contributed by atoms with van der Waals surface area (Å²) in [6.07, 6.45) is 0. The molecule has 0 saturated heterocycles. The van der Waals surface area contributed by atoms with Gasteiger partial charge in [-0.15, -0.1) is 0 Å². The SMILES string of the molecule is Cc1noc(C)c1Cn1c(=O)c2ccc(N)nc2n(-c2ccccc2)c1=O. The minimum Gasteiger partial charge on any atom is -0.384 e. The van der Waals surface area contributed by atoms with Crippen molar-refractivity contribution < 1.29 is 4.52 Å². The topological polar surface area (TPSA) is 109 Å². The van der Waals surface area contributed by atoms with Crippen LogP contribution in [0.3, 0.4) is 0 Å². The summed E-state index contributed by atoms with van der Waals surface area (Å²) in [5, 5.41) is 4.20. The van der Waals surface area contributed by atoms with E-state index in [2.05, 4.69) is 10.1 Å². The fraction of sp³-hybridized carbons (Fsp3) is 0.158. The molecule has 0 atom stereocenters. The van der Waals surface area contributed by atoms with E-state index in [4.69, 9.17) is 10.3 Å². The van der Waals surface area contributed by atoms with E-state index in [0.29, 0.717) is 28.1 Å². The summed E-state index contributed by atoms with van der Waals surface area (Å²) in [5.74, 6) is 0.801. The number of fused-ring (bicyclic) bond motifs is 1. The second-order valence-electron chi connectivity index (χ2n) is 6.25. The minimum absolute atomic E-state index is 0.0615. The molecular weight excluding hydrogens is 346 g/mol. The zero-order valence-corrected chi connectivity index (χ0v) is 14.8. The summed E-state index contributed by atoms with van der Waals surface area (Å²) in [5.41, 5.74) is 7.03. The predicted molar refractivity (Wildman–Crippen MR) is 101 cm³/mol. The number of benzene rings is 1. The normalized spacial score (nSPS) is 11.2. The van der Waals surface area contributed by atoms with E-state index in [1.165, 1.54) is 9.13 Å². The van der Waals surface area contributed by atoms with E-state index >= 15 is 0 Å². The molecule has 0 aliphatic rings. The number of hydrogen-bond donors (Lipinski definition) is 1. The molecule has 0 amide bonds. The van der Waals surface area contributed by atoms with Crippen molar-refractivity contribution in [2.24, 2.45) is 0 Å². The molecule has 0 aliphatic heterocycles. The van der Waals surface area contributed by atoms with Crippen molar-refractivity contribution >= 4 is 16.9 Å². The van der Waals surface area contributed by atoms with E-state index < -0.39 is 11.2 Å². The lowest BCUT2D eigenvalue weighted by atomic mass is 10.2. The Morgan fingerprint density at radius 2 is 1.81 bits per heavy atom. The standard InChI is InChI=1S/C19H17N5O3/c1-11-15(12(2)27-22-11)10-23-18(25)14-8-9-16(20)21-17(14)24(19(23)26)13-6-4-3-5-7-13/h3-9H,10H2,1-2H3,(H2,20,21). The van der Waals surface area contributed by atoms with Gasteiger partial charge in [-0.2, -0.15) is 0 Å². The first-order chi connectivity index (χ1) is 13.0. The molecule has 0 fully saturated rings. The minimum atomic E-state index is -0.503. The molecule has 8 nitrogen and oxygen atoms in total. The van der Waals surface area contributed by atoms with Crippen molar-refractivity contribution in [2.45, 2.75) is 20.4 Å². The number of nitrogens with two attached hydrogens (primary N) is 1. The number of nitrogen functional groups attached to an aromatic ring is 1. The van der Waals surface area contributed by atoms with Crippen LogP contribution in [-0.2, 0) is 6.54 Å². The number of anilines is 1. The summed E-state index contributed by atoms with van der Waals surface area (Å²) >= 11 is 0. The number of aromatic nitrogens is 4. The Labute approximate surface area is 153 Å². The fourth-order valence-electron chi connectivity index (χ4n) is 3.08. The maximum atomic E-state index is 13.3. The van der Waals surface area contributed by atoms with Gasteiger partial charge >= 0.3 is 5.69 Å². The van der Waals surface area contributed by atoms with Crippen molar-refractivity contribution in [1.82, 2.24) is 19.3 Å². The summed E-state index contributed by atoms with van der Waals surface area (Å²) in [7, 11) is 0. The molecule has 4 rings (SSSR count). The molecule has 0 spiro atoms. The highest BCUT2D eigenvalue weighted by molar-refractivity contribution is 5.77. The van der Waals surface area contributed by atoms with Crippen molar-refractivity contribution in [3.05, 3.63) is 80.3 Å². The summed E-state index contributed by atoms with van der Waals surface area (Å²) < 4.78 is 7.72. The van der Waals surface area contributed by atoms with Gasteiger partial charge in [0.1, 0.15) is 11.6 Å². The number of aryl methyl sites for hydroxylation is 2. The van der Waals surface area contributed by atoms with Crippen molar-refractivity contribution in [3.8, 4) is 5.69 Å². The van der Waals surface area contributed by atoms with Gasteiger partial charge < -0.3 is 10.3 Å². The Morgan fingerprint density at radius 3 is 2.48 bits per heavy atom. The first-order valence-electron chi connectivity index (χ1n) is 8.36. The second-order valence-corrected chi connectivity index (χ2v) is 6.25. The van der Waals surface area contributed by atoms with E-state index in [1.807, 2.05) is 18.2 Å². The van der Waals surface area contributed by atoms with Gasteiger partial charge in [-0.25, -0.2) is 14.3 Å². The van der Waals surface area contributed by atoms with Gasteiger partial charge in [-0.3, -0.25) is 9.36 Å². The van der Waals surface area contributed by atoms with Crippen LogP contribution < -0.4 is 17.0 Å². The van der Waals surface area contributed by atoms with Crippen LogP contribution in [0.1, 0.15) is 17.0 Å². The highest BCUT2D eigenvalue weighted by atomic mass is 16.5. The van der Waals surface area contributed by atoms with Gasteiger partial charge in [-0.05, 0) is 38.1 Å². The smallest absolute Gasteiger partial charge is 0.337 e. The Balaban J connectivity index is 2.08. The summed E-state index contributed by atoms with van der Waals surface area (Å²) in [6, 6.07) is 12.1. The second kappa shape index (κ2) is 6.24. The van der Waals surface area contributed by atoms with Gasteiger partial charge in [0.25, 0.3) is 5.56 Å². The average molecular weight is 363 g/mol. The number of rotatable bonds is 3. The molecule has 1 aromatic carbocycles. The van der Waals surface area contributed by atoms with Gasteiger partial charge in [0, 0.05) is 5.56 Å². The number of pyridine rings is 1. The van der Waals surface area contributed by atoms with Crippen LogP contribution in [0.4, 0.5) is 5.82 Å². The molecule has 0 saturated carbocycles. The van der Waals surface area contributed by atoms with E-state index in [-0.39, 0.29) is 18.0 Å². The molecule has 136 valence electrons.